The SMILES string of the molecule is O=c1c(-c2ccc(C(F)(F)F)cc2)c(C=Cc2cccnc2)nc2ccccn12. The van der Waals surface area contributed by atoms with Gasteiger partial charge in [-0.25, -0.2) is 4.98 Å². The zero-order valence-corrected chi connectivity index (χ0v) is 15.0. The molecule has 4 nitrogen and oxygen atoms in total. The first-order chi connectivity index (χ1) is 13.9. The smallest absolute Gasteiger partial charge is 0.268 e. The van der Waals surface area contributed by atoms with Crippen LogP contribution in [0, 0.1) is 0 Å². The molecule has 0 bridgehead atoms. The summed E-state index contributed by atoms with van der Waals surface area (Å²) in [6, 6.07) is 13.3. The van der Waals surface area contributed by atoms with Gasteiger partial charge in [-0.2, -0.15) is 13.2 Å². The van der Waals surface area contributed by atoms with Crippen molar-refractivity contribution < 1.29 is 13.2 Å². The van der Waals surface area contributed by atoms with Crippen LogP contribution >= 0.6 is 0 Å². The molecule has 0 amide bonds. The summed E-state index contributed by atoms with van der Waals surface area (Å²) in [6.45, 7) is 0. The lowest BCUT2D eigenvalue weighted by atomic mass is 10.0. The highest BCUT2D eigenvalue weighted by Gasteiger charge is 2.30. The second-order valence-electron chi connectivity index (χ2n) is 6.30. The number of nitrogens with zero attached hydrogens (tertiary/aromatic N) is 3. The van der Waals surface area contributed by atoms with Crippen molar-refractivity contribution in [3.8, 4) is 11.1 Å². The molecule has 0 atom stereocenters. The van der Waals surface area contributed by atoms with Crippen LogP contribution in [0.3, 0.4) is 0 Å². The molecule has 3 aromatic heterocycles. The molecule has 0 radical (unpaired) electrons. The lowest BCUT2D eigenvalue weighted by Gasteiger charge is -2.10. The van der Waals surface area contributed by atoms with E-state index < -0.39 is 11.7 Å². The van der Waals surface area contributed by atoms with Crippen LogP contribution in [0.15, 0.2) is 78.0 Å². The molecule has 1 aromatic carbocycles. The van der Waals surface area contributed by atoms with E-state index in [-0.39, 0.29) is 11.1 Å². The van der Waals surface area contributed by atoms with E-state index in [0.717, 1.165) is 17.7 Å². The molecule has 0 unspecified atom stereocenters. The van der Waals surface area contributed by atoms with Gasteiger partial charge in [0.25, 0.3) is 5.56 Å². The number of hydrogen-bond donors (Lipinski definition) is 0. The Morgan fingerprint density at radius 2 is 1.72 bits per heavy atom. The summed E-state index contributed by atoms with van der Waals surface area (Å²) in [5, 5.41) is 0. The first-order valence-electron chi connectivity index (χ1n) is 8.70. The molecule has 4 aromatic rings. The van der Waals surface area contributed by atoms with E-state index in [1.54, 1.807) is 55.0 Å². The van der Waals surface area contributed by atoms with E-state index in [2.05, 4.69) is 9.97 Å². The Labute approximate surface area is 163 Å². The van der Waals surface area contributed by atoms with Gasteiger partial charge in [0.2, 0.25) is 0 Å². The molecular formula is C22H14F3N3O. The quantitative estimate of drug-likeness (QED) is 0.495. The average Bonchev–Trinajstić information content (AvgIpc) is 2.73. The fourth-order valence-electron chi connectivity index (χ4n) is 2.97. The minimum Gasteiger partial charge on any atom is -0.268 e. The topological polar surface area (TPSA) is 47.3 Å². The summed E-state index contributed by atoms with van der Waals surface area (Å²) in [4.78, 5) is 21.7. The van der Waals surface area contributed by atoms with Crippen LogP contribution in [0.2, 0.25) is 0 Å². The third-order valence-corrected chi connectivity index (χ3v) is 4.38. The molecule has 3 heterocycles. The summed E-state index contributed by atoms with van der Waals surface area (Å²) >= 11 is 0. The highest BCUT2D eigenvalue weighted by Crippen LogP contribution is 2.31. The Hall–Kier alpha value is -3.74. The van der Waals surface area contributed by atoms with E-state index >= 15 is 0 Å². The minimum atomic E-state index is -4.45. The van der Waals surface area contributed by atoms with Gasteiger partial charge in [-0.05, 0) is 47.5 Å². The summed E-state index contributed by atoms with van der Waals surface area (Å²) in [6.07, 6.45) is 3.85. The van der Waals surface area contributed by atoms with Crippen molar-refractivity contribution in [1.82, 2.24) is 14.4 Å². The van der Waals surface area contributed by atoms with E-state index in [4.69, 9.17) is 0 Å². The van der Waals surface area contributed by atoms with Gasteiger partial charge >= 0.3 is 6.18 Å². The van der Waals surface area contributed by atoms with Gasteiger partial charge < -0.3 is 0 Å². The predicted octanol–water partition coefficient (Wildman–Crippen LogP) is 4.95. The number of hydrogen-bond acceptors (Lipinski definition) is 3. The zero-order valence-electron chi connectivity index (χ0n) is 15.0. The van der Waals surface area contributed by atoms with Crippen molar-refractivity contribution in [2.75, 3.05) is 0 Å². The lowest BCUT2D eigenvalue weighted by molar-refractivity contribution is -0.137. The minimum absolute atomic E-state index is 0.225. The van der Waals surface area contributed by atoms with E-state index in [0.29, 0.717) is 16.9 Å². The molecule has 4 rings (SSSR count). The number of aromatic nitrogens is 3. The first kappa shape index (κ1) is 18.6. The van der Waals surface area contributed by atoms with Gasteiger partial charge in [0.15, 0.2) is 0 Å². The van der Waals surface area contributed by atoms with Crippen molar-refractivity contribution >= 4 is 17.8 Å². The fraction of sp³-hybridized carbons (Fsp3) is 0.0455. The number of rotatable bonds is 3. The number of fused-ring (bicyclic) bond motifs is 1. The molecule has 0 aliphatic rings. The molecule has 144 valence electrons. The van der Waals surface area contributed by atoms with Crippen LogP contribution in [0.4, 0.5) is 13.2 Å². The van der Waals surface area contributed by atoms with Crippen LogP contribution < -0.4 is 5.56 Å². The summed E-state index contributed by atoms with van der Waals surface area (Å²) in [7, 11) is 0. The average molecular weight is 393 g/mol. The molecule has 7 heteroatoms. The van der Waals surface area contributed by atoms with Gasteiger partial charge in [0.05, 0.1) is 16.8 Å². The van der Waals surface area contributed by atoms with E-state index in [1.165, 1.54) is 16.5 Å². The molecule has 0 saturated heterocycles. The molecule has 0 fully saturated rings. The van der Waals surface area contributed by atoms with Crippen molar-refractivity contribution in [3.05, 3.63) is 100 Å². The normalized spacial score (nSPS) is 12.0. The van der Waals surface area contributed by atoms with E-state index in [9.17, 15) is 18.0 Å². The molecule has 0 aliphatic carbocycles. The molecule has 0 aliphatic heterocycles. The molecule has 0 spiro atoms. The molecule has 29 heavy (non-hydrogen) atoms. The zero-order chi connectivity index (χ0) is 20.4. The Balaban J connectivity index is 1.90. The van der Waals surface area contributed by atoms with Crippen LogP contribution in [0.1, 0.15) is 16.8 Å². The van der Waals surface area contributed by atoms with Gasteiger partial charge in [-0.1, -0.05) is 30.3 Å². The number of alkyl halides is 3. The van der Waals surface area contributed by atoms with Crippen LogP contribution in [0.25, 0.3) is 28.9 Å². The summed E-state index contributed by atoms with van der Waals surface area (Å²) < 4.78 is 40.1. The van der Waals surface area contributed by atoms with Gasteiger partial charge in [0.1, 0.15) is 5.65 Å². The number of halogens is 3. The standard InChI is InChI=1S/C22H14F3N3O/c23-22(24,25)17-9-7-16(8-10-17)20-18(11-6-15-4-3-12-26-14-15)27-19-5-1-2-13-28(19)21(20)29/h1-14H. The predicted molar refractivity (Wildman–Crippen MR) is 105 cm³/mol. The van der Waals surface area contributed by atoms with Gasteiger partial charge in [-0.3, -0.25) is 14.2 Å². The first-order valence-corrected chi connectivity index (χ1v) is 8.70. The number of pyridine rings is 2. The molecular weight excluding hydrogens is 379 g/mol. The Kier molecular flexibility index (Phi) is 4.72. The summed E-state index contributed by atoms with van der Waals surface area (Å²) in [5.74, 6) is 0. The Morgan fingerprint density at radius 1 is 0.931 bits per heavy atom. The highest BCUT2D eigenvalue weighted by molar-refractivity contribution is 5.79. The maximum atomic E-state index is 13.1. The van der Waals surface area contributed by atoms with Crippen molar-refractivity contribution in [3.63, 3.8) is 0 Å². The van der Waals surface area contributed by atoms with Crippen molar-refractivity contribution in [2.45, 2.75) is 6.18 Å². The Morgan fingerprint density at radius 3 is 2.41 bits per heavy atom. The van der Waals surface area contributed by atoms with Crippen LogP contribution in [-0.4, -0.2) is 14.4 Å². The van der Waals surface area contributed by atoms with Crippen LogP contribution in [0.5, 0.6) is 0 Å². The lowest BCUT2D eigenvalue weighted by Crippen LogP contribution is -2.18. The highest BCUT2D eigenvalue weighted by atomic mass is 19.4. The second-order valence-corrected chi connectivity index (χ2v) is 6.30. The number of benzene rings is 1. The monoisotopic (exact) mass is 393 g/mol. The van der Waals surface area contributed by atoms with Gasteiger partial charge in [-0.15, -0.1) is 0 Å². The van der Waals surface area contributed by atoms with Crippen LogP contribution in [-0.2, 0) is 6.18 Å². The third-order valence-electron chi connectivity index (χ3n) is 4.38. The van der Waals surface area contributed by atoms with Crippen molar-refractivity contribution in [2.24, 2.45) is 0 Å². The van der Waals surface area contributed by atoms with E-state index in [1.807, 2.05) is 6.07 Å². The molecule has 0 N–H and O–H groups in total. The second kappa shape index (κ2) is 7.35. The third kappa shape index (κ3) is 3.80. The van der Waals surface area contributed by atoms with Crippen molar-refractivity contribution in [1.29, 1.82) is 0 Å². The maximum Gasteiger partial charge on any atom is 0.416 e. The molecule has 0 saturated carbocycles. The fourth-order valence-corrected chi connectivity index (χ4v) is 2.97. The Bertz CT molecular complexity index is 1240. The summed E-state index contributed by atoms with van der Waals surface area (Å²) in [5.41, 5.74) is 1.07. The van der Waals surface area contributed by atoms with Gasteiger partial charge in [0, 0.05) is 18.6 Å². The maximum absolute atomic E-state index is 13.1. The largest absolute Gasteiger partial charge is 0.416 e.